The van der Waals surface area contributed by atoms with Crippen LogP contribution in [0.4, 0.5) is 5.69 Å². The van der Waals surface area contributed by atoms with E-state index in [-0.39, 0.29) is 30.3 Å². The van der Waals surface area contributed by atoms with Crippen LogP contribution in [-0.4, -0.2) is 58.7 Å². The average Bonchev–Trinajstić information content (AvgIpc) is 2.79. The first-order chi connectivity index (χ1) is 14.9. The van der Waals surface area contributed by atoms with Gasteiger partial charge in [0.1, 0.15) is 11.5 Å². The number of carbonyl (C=O) groups excluding carboxylic acids is 1. The molecule has 1 aliphatic heterocycles. The Bertz CT molecular complexity index is 1060. The summed E-state index contributed by atoms with van der Waals surface area (Å²) in [5, 5.41) is 11.3. The molecule has 1 N–H and O–H groups in total. The molecule has 3 rings (SSSR count). The lowest BCUT2D eigenvalue weighted by atomic mass is 10.2. The number of rotatable bonds is 8. The van der Waals surface area contributed by atoms with E-state index in [9.17, 15) is 13.2 Å². The zero-order chi connectivity index (χ0) is 22.3. The predicted molar refractivity (Wildman–Crippen MR) is 112 cm³/mol. The SMILES string of the molecule is COc1ccc(S(=O)(=O)N2CCOCC2)cc1NC(=O)COc1ccc(CC#N)cc1. The van der Waals surface area contributed by atoms with Gasteiger partial charge in [-0.25, -0.2) is 8.42 Å². The standard InChI is InChI=1S/C21H23N3O6S/c1-28-20-7-6-18(31(26,27)24-10-12-29-13-11-24)14-19(20)23-21(25)15-30-17-4-2-16(3-5-17)8-9-22/h2-7,14H,8,10-13,15H2,1H3,(H,23,25). The van der Waals surface area contributed by atoms with Gasteiger partial charge < -0.3 is 19.5 Å². The van der Waals surface area contributed by atoms with Crippen LogP contribution < -0.4 is 14.8 Å². The first-order valence-electron chi connectivity index (χ1n) is 9.58. The van der Waals surface area contributed by atoms with Crippen molar-refractivity contribution in [3.05, 3.63) is 48.0 Å². The zero-order valence-electron chi connectivity index (χ0n) is 17.0. The Hall–Kier alpha value is -3.13. The molecule has 9 nitrogen and oxygen atoms in total. The number of hydrogen-bond donors (Lipinski definition) is 1. The van der Waals surface area contributed by atoms with Crippen molar-refractivity contribution in [2.75, 3.05) is 45.3 Å². The van der Waals surface area contributed by atoms with Crippen molar-refractivity contribution in [3.63, 3.8) is 0 Å². The molecular formula is C21H23N3O6S. The molecule has 2 aromatic rings. The highest BCUT2D eigenvalue weighted by Gasteiger charge is 2.27. The quantitative estimate of drug-likeness (QED) is 0.658. The first kappa shape index (κ1) is 22.6. The molecule has 0 spiro atoms. The van der Waals surface area contributed by atoms with Gasteiger partial charge in [-0.2, -0.15) is 9.57 Å². The molecule has 1 fully saturated rings. The maximum Gasteiger partial charge on any atom is 0.262 e. The summed E-state index contributed by atoms with van der Waals surface area (Å²) in [7, 11) is -2.29. The van der Waals surface area contributed by atoms with E-state index in [1.54, 1.807) is 24.3 Å². The Balaban J connectivity index is 1.69. The minimum atomic E-state index is -3.72. The van der Waals surface area contributed by atoms with Gasteiger partial charge in [-0.3, -0.25) is 4.79 Å². The summed E-state index contributed by atoms with van der Waals surface area (Å²) in [4.78, 5) is 12.4. The van der Waals surface area contributed by atoms with Gasteiger partial charge in [0.2, 0.25) is 10.0 Å². The second-order valence-corrected chi connectivity index (χ2v) is 8.63. The van der Waals surface area contributed by atoms with E-state index in [1.165, 1.54) is 29.6 Å². The number of sulfonamides is 1. The third-order valence-corrected chi connectivity index (χ3v) is 6.52. The van der Waals surface area contributed by atoms with E-state index in [2.05, 4.69) is 11.4 Å². The van der Waals surface area contributed by atoms with Crippen LogP contribution in [0.25, 0.3) is 0 Å². The smallest absolute Gasteiger partial charge is 0.262 e. The average molecular weight is 445 g/mol. The predicted octanol–water partition coefficient (Wildman–Crippen LogP) is 1.80. The van der Waals surface area contributed by atoms with Crippen molar-refractivity contribution in [1.29, 1.82) is 5.26 Å². The Morgan fingerprint density at radius 1 is 1.19 bits per heavy atom. The maximum atomic E-state index is 12.9. The molecule has 1 aliphatic rings. The van der Waals surface area contributed by atoms with Crippen LogP contribution in [0.5, 0.6) is 11.5 Å². The fourth-order valence-corrected chi connectivity index (χ4v) is 4.45. The summed E-state index contributed by atoms with van der Waals surface area (Å²) in [5.74, 6) is 0.336. The van der Waals surface area contributed by atoms with Crippen molar-refractivity contribution in [2.24, 2.45) is 0 Å². The van der Waals surface area contributed by atoms with Crippen molar-refractivity contribution < 1.29 is 27.4 Å². The molecule has 0 aromatic heterocycles. The summed E-state index contributed by atoms with van der Waals surface area (Å²) in [6.07, 6.45) is 0.296. The summed E-state index contributed by atoms with van der Waals surface area (Å²) in [6, 6.07) is 13.2. The Labute approximate surface area is 181 Å². The van der Waals surface area contributed by atoms with Gasteiger partial charge >= 0.3 is 0 Å². The zero-order valence-corrected chi connectivity index (χ0v) is 17.9. The molecule has 0 atom stereocenters. The van der Waals surface area contributed by atoms with Crippen molar-refractivity contribution in [2.45, 2.75) is 11.3 Å². The number of nitrogens with zero attached hydrogens (tertiary/aromatic N) is 2. The topological polar surface area (TPSA) is 118 Å². The van der Waals surface area contributed by atoms with E-state index in [0.717, 1.165) is 5.56 Å². The second kappa shape index (κ2) is 10.3. The third-order valence-electron chi connectivity index (χ3n) is 4.63. The molecule has 0 aliphatic carbocycles. The molecule has 0 saturated carbocycles. The number of nitrogens with one attached hydrogen (secondary N) is 1. The lowest BCUT2D eigenvalue weighted by Gasteiger charge is -2.26. The molecule has 0 unspecified atom stereocenters. The molecule has 0 bridgehead atoms. The van der Waals surface area contributed by atoms with Gasteiger partial charge in [0.05, 0.1) is 43.4 Å². The molecule has 10 heteroatoms. The number of benzene rings is 2. The summed E-state index contributed by atoms with van der Waals surface area (Å²) < 4.78 is 43.0. The largest absolute Gasteiger partial charge is 0.495 e. The van der Waals surface area contributed by atoms with E-state index in [4.69, 9.17) is 19.5 Å². The number of carbonyl (C=O) groups is 1. The van der Waals surface area contributed by atoms with Crippen molar-refractivity contribution in [3.8, 4) is 17.6 Å². The molecule has 31 heavy (non-hydrogen) atoms. The number of anilines is 1. The van der Waals surface area contributed by atoms with Gasteiger partial charge in [0.15, 0.2) is 6.61 Å². The molecule has 1 saturated heterocycles. The lowest BCUT2D eigenvalue weighted by molar-refractivity contribution is -0.118. The normalized spacial score (nSPS) is 14.5. The van der Waals surface area contributed by atoms with Crippen LogP contribution in [0.2, 0.25) is 0 Å². The molecular weight excluding hydrogens is 422 g/mol. The van der Waals surface area contributed by atoms with Crippen molar-refractivity contribution >= 4 is 21.6 Å². The van der Waals surface area contributed by atoms with E-state index in [0.29, 0.717) is 31.1 Å². The van der Waals surface area contributed by atoms with Crippen LogP contribution in [-0.2, 0) is 26.0 Å². The van der Waals surface area contributed by atoms with E-state index >= 15 is 0 Å². The van der Waals surface area contributed by atoms with Gasteiger partial charge in [-0.05, 0) is 35.9 Å². The second-order valence-electron chi connectivity index (χ2n) is 6.69. The molecule has 164 valence electrons. The summed E-state index contributed by atoms with van der Waals surface area (Å²) in [6.45, 7) is 0.955. The monoisotopic (exact) mass is 445 g/mol. The summed E-state index contributed by atoms with van der Waals surface area (Å²) in [5.41, 5.74) is 1.08. The van der Waals surface area contributed by atoms with Gasteiger partial charge in [-0.1, -0.05) is 12.1 Å². The number of ether oxygens (including phenoxy) is 3. The fourth-order valence-electron chi connectivity index (χ4n) is 3.01. The molecule has 2 aromatic carbocycles. The van der Waals surface area contributed by atoms with E-state index < -0.39 is 15.9 Å². The first-order valence-corrected chi connectivity index (χ1v) is 11.0. The number of morpholine rings is 1. The Kier molecular flexibility index (Phi) is 7.46. The highest BCUT2D eigenvalue weighted by molar-refractivity contribution is 7.89. The highest BCUT2D eigenvalue weighted by Crippen LogP contribution is 2.29. The van der Waals surface area contributed by atoms with Gasteiger partial charge in [0.25, 0.3) is 5.91 Å². The Morgan fingerprint density at radius 2 is 1.90 bits per heavy atom. The van der Waals surface area contributed by atoms with Crippen LogP contribution in [0.1, 0.15) is 5.56 Å². The molecule has 1 amide bonds. The van der Waals surface area contributed by atoms with Crippen LogP contribution in [0, 0.1) is 11.3 Å². The number of nitriles is 1. The minimum Gasteiger partial charge on any atom is -0.495 e. The number of amides is 1. The number of hydrogen-bond acceptors (Lipinski definition) is 7. The highest BCUT2D eigenvalue weighted by atomic mass is 32.2. The van der Waals surface area contributed by atoms with Gasteiger partial charge in [0, 0.05) is 13.1 Å². The lowest BCUT2D eigenvalue weighted by Crippen LogP contribution is -2.40. The van der Waals surface area contributed by atoms with Gasteiger partial charge in [-0.15, -0.1) is 0 Å². The minimum absolute atomic E-state index is 0.0551. The fraction of sp³-hybridized carbons (Fsp3) is 0.333. The Morgan fingerprint density at radius 3 is 2.55 bits per heavy atom. The third kappa shape index (κ3) is 5.73. The summed E-state index contributed by atoms with van der Waals surface area (Å²) >= 11 is 0. The van der Waals surface area contributed by atoms with Crippen LogP contribution >= 0.6 is 0 Å². The molecule has 0 radical (unpaired) electrons. The molecule has 1 heterocycles. The van der Waals surface area contributed by atoms with E-state index in [1.807, 2.05) is 0 Å². The van der Waals surface area contributed by atoms with Crippen LogP contribution in [0.15, 0.2) is 47.4 Å². The van der Waals surface area contributed by atoms with Crippen LogP contribution in [0.3, 0.4) is 0 Å². The van der Waals surface area contributed by atoms with Crippen molar-refractivity contribution in [1.82, 2.24) is 4.31 Å². The number of methoxy groups -OCH3 is 1. The maximum absolute atomic E-state index is 12.9.